The van der Waals surface area contributed by atoms with Crippen LogP contribution in [0.3, 0.4) is 0 Å². The van der Waals surface area contributed by atoms with E-state index >= 15 is 0 Å². The monoisotopic (exact) mass is 1270 g/mol. The van der Waals surface area contributed by atoms with Crippen LogP contribution in [0.1, 0.15) is 349 Å². The van der Waals surface area contributed by atoms with Gasteiger partial charge in [-0.15, -0.1) is 0 Å². The standard InChI is InChI=1S/C67H130O17P2/c1-5-9-13-17-21-25-28-30-31-32-33-35-38-42-46-50-54-67(72)84-63(58-78-65(70)52-48-44-40-37-34-29-26-22-18-14-10-6-2)60-82-86(75,76)80-56-61(68)55-79-85(73,74)81-59-62(57-77-64(69)51-47-43-39-24-20-16-12-8-4)83-66(71)53-49-45-41-36-27-23-19-15-11-7-3/h61-63,68H,5-60H2,1-4H3,(H,73,74)(H,75,76)/t61-,62+,63+/m0/s1. The number of hydrogen-bond acceptors (Lipinski definition) is 15. The van der Waals surface area contributed by atoms with Crippen molar-refractivity contribution in [3.05, 3.63) is 0 Å². The van der Waals surface area contributed by atoms with E-state index in [2.05, 4.69) is 27.7 Å². The minimum atomic E-state index is -4.95. The van der Waals surface area contributed by atoms with Crippen LogP contribution in [0.5, 0.6) is 0 Å². The van der Waals surface area contributed by atoms with Crippen LogP contribution in [-0.4, -0.2) is 96.7 Å². The summed E-state index contributed by atoms with van der Waals surface area (Å²) in [5, 5.41) is 10.5. The van der Waals surface area contributed by atoms with E-state index in [4.69, 9.17) is 37.0 Å². The van der Waals surface area contributed by atoms with E-state index in [1.807, 2.05) is 0 Å². The minimum Gasteiger partial charge on any atom is -0.462 e. The van der Waals surface area contributed by atoms with E-state index in [1.54, 1.807) is 0 Å². The summed E-state index contributed by atoms with van der Waals surface area (Å²) in [5.74, 6) is -2.13. The lowest BCUT2D eigenvalue weighted by Gasteiger charge is -2.21. The molecule has 3 N–H and O–H groups in total. The number of phosphoric acid groups is 2. The summed E-state index contributed by atoms with van der Waals surface area (Å²) < 4.78 is 68.1. The van der Waals surface area contributed by atoms with Crippen molar-refractivity contribution in [1.29, 1.82) is 0 Å². The number of aliphatic hydroxyl groups is 1. The Bertz CT molecular complexity index is 1650. The lowest BCUT2D eigenvalue weighted by atomic mass is 10.0. The van der Waals surface area contributed by atoms with Gasteiger partial charge in [-0.2, -0.15) is 0 Å². The summed E-state index contributed by atoms with van der Waals surface area (Å²) >= 11 is 0. The highest BCUT2D eigenvalue weighted by atomic mass is 31.2. The number of rotatable bonds is 68. The van der Waals surface area contributed by atoms with Crippen molar-refractivity contribution in [3.63, 3.8) is 0 Å². The first-order valence-corrected chi connectivity index (χ1v) is 38.3. The molecule has 2 unspecified atom stereocenters. The molecule has 0 aromatic heterocycles. The van der Waals surface area contributed by atoms with Gasteiger partial charge in [0.25, 0.3) is 0 Å². The van der Waals surface area contributed by atoms with Gasteiger partial charge in [-0.05, 0) is 25.7 Å². The van der Waals surface area contributed by atoms with Crippen LogP contribution in [0, 0.1) is 0 Å². The number of ether oxygens (including phenoxy) is 4. The van der Waals surface area contributed by atoms with Gasteiger partial charge in [-0.3, -0.25) is 37.3 Å². The first-order valence-electron chi connectivity index (χ1n) is 35.3. The maximum absolute atomic E-state index is 13.0. The van der Waals surface area contributed by atoms with Gasteiger partial charge in [-0.1, -0.05) is 297 Å². The number of carbonyl (C=O) groups is 4. The number of unbranched alkanes of at least 4 members (excludes halogenated alkanes) is 42. The highest BCUT2D eigenvalue weighted by Gasteiger charge is 2.30. The Kier molecular flexibility index (Phi) is 60.5. The van der Waals surface area contributed by atoms with Gasteiger partial charge in [-0.25, -0.2) is 9.13 Å². The zero-order chi connectivity index (χ0) is 63.3. The zero-order valence-electron chi connectivity index (χ0n) is 55.3. The second kappa shape index (κ2) is 61.9. The second-order valence-corrected chi connectivity index (χ2v) is 27.1. The maximum Gasteiger partial charge on any atom is 0.472 e. The molecule has 0 rings (SSSR count). The molecule has 0 aliphatic carbocycles. The molecule has 0 aromatic carbocycles. The van der Waals surface area contributed by atoms with Gasteiger partial charge >= 0.3 is 39.5 Å². The van der Waals surface area contributed by atoms with E-state index in [1.165, 1.54) is 173 Å². The van der Waals surface area contributed by atoms with Gasteiger partial charge in [0.15, 0.2) is 12.2 Å². The largest absolute Gasteiger partial charge is 0.472 e. The molecule has 0 saturated carbocycles. The molecule has 0 aromatic rings. The Morgan fingerprint density at radius 3 is 0.686 bits per heavy atom. The molecule has 0 radical (unpaired) electrons. The lowest BCUT2D eigenvalue weighted by Crippen LogP contribution is -2.30. The predicted molar refractivity (Wildman–Crippen MR) is 345 cm³/mol. The number of hydrogen-bond donors (Lipinski definition) is 3. The molecule has 0 aliphatic heterocycles. The molecular weight excluding hydrogens is 1140 g/mol. The van der Waals surface area contributed by atoms with Crippen molar-refractivity contribution in [2.24, 2.45) is 0 Å². The Hall–Kier alpha value is -1.94. The normalized spacial score (nSPS) is 14.1. The smallest absolute Gasteiger partial charge is 0.462 e. The average molecular weight is 1270 g/mol. The molecule has 0 spiro atoms. The van der Waals surface area contributed by atoms with Crippen LogP contribution in [0.2, 0.25) is 0 Å². The summed E-state index contributed by atoms with van der Waals surface area (Å²) in [6.45, 7) is 4.89. The third kappa shape index (κ3) is 60.9. The van der Waals surface area contributed by atoms with Crippen molar-refractivity contribution < 1.29 is 80.2 Å². The van der Waals surface area contributed by atoms with Crippen LogP contribution in [0.4, 0.5) is 0 Å². The van der Waals surface area contributed by atoms with Gasteiger partial charge < -0.3 is 33.8 Å². The lowest BCUT2D eigenvalue weighted by molar-refractivity contribution is -0.161. The molecule has 0 bridgehead atoms. The highest BCUT2D eigenvalue weighted by molar-refractivity contribution is 7.47. The second-order valence-electron chi connectivity index (χ2n) is 24.2. The van der Waals surface area contributed by atoms with Crippen molar-refractivity contribution in [1.82, 2.24) is 0 Å². The molecule has 0 heterocycles. The molecule has 5 atom stereocenters. The third-order valence-electron chi connectivity index (χ3n) is 15.6. The minimum absolute atomic E-state index is 0.107. The topological polar surface area (TPSA) is 237 Å². The number of esters is 4. The van der Waals surface area contributed by atoms with Gasteiger partial charge in [0.1, 0.15) is 19.3 Å². The fourth-order valence-corrected chi connectivity index (χ4v) is 11.7. The fraction of sp³-hybridized carbons (Fsp3) is 0.940. The Morgan fingerprint density at radius 2 is 0.465 bits per heavy atom. The van der Waals surface area contributed by atoms with Crippen molar-refractivity contribution in [2.75, 3.05) is 39.6 Å². The molecule has 19 heteroatoms. The van der Waals surface area contributed by atoms with E-state index in [-0.39, 0.29) is 25.7 Å². The van der Waals surface area contributed by atoms with Crippen LogP contribution in [-0.2, 0) is 65.4 Å². The fourth-order valence-electron chi connectivity index (χ4n) is 10.2. The first kappa shape index (κ1) is 84.1. The van der Waals surface area contributed by atoms with Crippen molar-refractivity contribution in [3.8, 4) is 0 Å². The summed E-state index contributed by atoms with van der Waals surface area (Å²) in [4.78, 5) is 72.3. The molecule has 0 amide bonds. The molecule has 86 heavy (non-hydrogen) atoms. The van der Waals surface area contributed by atoms with Crippen molar-refractivity contribution >= 4 is 39.5 Å². The molecular formula is C67H130O17P2. The van der Waals surface area contributed by atoms with Crippen LogP contribution in [0.15, 0.2) is 0 Å². The SMILES string of the molecule is CCCCCCCCCCCCCCCCCCC(=O)O[C@H](COC(=O)CCCCCCCCCCCCCC)COP(=O)(O)OC[C@@H](O)COP(=O)(O)OC[C@@H](COC(=O)CCCCCCCCCC)OC(=O)CCCCCCCCCCCC. The molecule has 510 valence electrons. The number of phosphoric ester groups is 2. The van der Waals surface area contributed by atoms with E-state index in [9.17, 15) is 43.2 Å². The molecule has 0 saturated heterocycles. The third-order valence-corrected chi connectivity index (χ3v) is 17.5. The summed E-state index contributed by atoms with van der Waals surface area (Å²) in [5.41, 5.74) is 0. The summed E-state index contributed by atoms with van der Waals surface area (Å²) in [6, 6.07) is 0. The van der Waals surface area contributed by atoms with Gasteiger partial charge in [0.05, 0.1) is 26.4 Å². The van der Waals surface area contributed by atoms with Crippen LogP contribution in [0.25, 0.3) is 0 Å². The van der Waals surface area contributed by atoms with E-state index < -0.39 is 97.5 Å². The molecule has 0 fully saturated rings. The van der Waals surface area contributed by atoms with E-state index in [0.717, 1.165) is 96.3 Å². The van der Waals surface area contributed by atoms with Crippen molar-refractivity contribution in [2.45, 2.75) is 367 Å². The Morgan fingerprint density at radius 1 is 0.279 bits per heavy atom. The molecule has 0 aliphatic rings. The Labute approximate surface area is 524 Å². The zero-order valence-corrected chi connectivity index (χ0v) is 57.1. The average Bonchev–Trinajstić information content (AvgIpc) is 3.68. The van der Waals surface area contributed by atoms with Gasteiger partial charge in [0, 0.05) is 25.7 Å². The predicted octanol–water partition coefficient (Wildman–Crippen LogP) is 19.1. The van der Waals surface area contributed by atoms with Gasteiger partial charge in [0.2, 0.25) is 0 Å². The summed E-state index contributed by atoms with van der Waals surface area (Å²) in [7, 11) is -9.89. The van der Waals surface area contributed by atoms with Crippen LogP contribution < -0.4 is 0 Å². The number of aliphatic hydroxyl groups excluding tert-OH is 1. The first-order chi connectivity index (χ1) is 41.7. The quantitative estimate of drug-likeness (QED) is 0.0222. The molecule has 17 nitrogen and oxygen atoms in total. The number of carbonyl (C=O) groups excluding carboxylic acids is 4. The van der Waals surface area contributed by atoms with E-state index in [0.29, 0.717) is 25.7 Å². The van der Waals surface area contributed by atoms with Crippen LogP contribution >= 0.6 is 15.6 Å². The highest BCUT2D eigenvalue weighted by Crippen LogP contribution is 2.45. The summed E-state index contributed by atoms with van der Waals surface area (Å²) in [6.07, 6.45) is 48.5. The maximum atomic E-state index is 13.0. The Balaban J connectivity index is 5.21.